The van der Waals surface area contributed by atoms with Gasteiger partial charge >= 0.3 is 29.6 Å². The Balaban J connectivity index is 0.00000162. The number of carbonyl (C=O) groups is 1. The monoisotopic (exact) mass is 248 g/mol. The molecule has 18 heavy (non-hydrogen) atoms. The fourth-order valence-corrected chi connectivity index (χ4v) is 1.31. The van der Waals surface area contributed by atoms with Gasteiger partial charge in [0.05, 0.1) is 23.6 Å². The van der Waals surface area contributed by atoms with Crippen LogP contribution >= 0.6 is 0 Å². The normalized spacial score (nSPS) is 10.0. The van der Waals surface area contributed by atoms with Gasteiger partial charge in [0.15, 0.2) is 0 Å². The third-order valence-corrected chi connectivity index (χ3v) is 2.12. The van der Waals surface area contributed by atoms with Crippen LogP contribution in [0.5, 0.6) is 0 Å². The SMILES string of the molecule is O=C([O-])c1cccc(N=Cc2ccccn2)c1.[Na+]. The van der Waals surface area contributed by atoms with Crippen molar-refractivity contribution in [3.05, 3.63) is 59.9 Å². The minimum Gasteiger partial charge on any atom is -0.545 e. The van der Waals surface area contributed by atoms with E-state index in [9.17, 15) is 9.90 Å². The third kappa shape index (κ3) is 4.07. The predicted octanol–water partition coefficient (Wildman–Crippen LogP) is -1.80. The van der Waals surface area contributed by atoms with Gasteiger partial charge in [0.2, 0.25) is 0 Å². The molecule has 0 aliphatic heterocycles. The van der Waals surface area contributed by atoms with Gasteiger partial charge in [-0.05, 0) is 29.8 Å². The number of nitrogens with zero attached hydrogens (tertiary/aromatic N) is 2. The van der Waals surface area contributed by atoms with Crippen molar-refractivity contribution >= 4 is 17.9 Å². The molecule has 0 spiro atoms. The van der Waals surface area contributed by atoms with Crippen LogP contribution in [-0.2, 0) is 0 Å². The maximum atomic E-state index is 10.7. The van der Waals surface area contributed by atoms with Crippen molar-refractivity contribution in [2.45, 2.75) is 0 Å². The molecule has 1 heterocycles. The predicted molar refractivity (Wildman–Crippen MR) is 62.3 cm³/mol. The maximum Gasteiger partial charge on any atom is 1.00 e. The van der Waals surface area contributed by atoms with E-state index in [1.165, 1.54) is 12.1 Å². The van der Waals surface area contributed by atoms with Gasteiger partial charge in [0.1, 0.15) is 0 Å². The number of aromatic nitrogens is 1. The fourth-order valence-electron chi connectivity index (χ4n) is 1.31. The van der Waals surface area contributed by atoms with E-state index in [-0.39, 0.29) is 35.1 Å². The Morgan fingerprint density at radius 2 is 2.06 bits per heavy atom. The quantitative estimate of drug-likeness (QED) is 0.475. The summed E-state index contributed by atoms with van der Waals surface area (Å²) in [7, 11) is 0. The Hall–Kier alpha value is -1.49. The molecule has 0 saturated heterocycles. The summed E-state index contributed by atoms with van der Waals surface area (Å²) in [6.45, 7) is 0. The summed E-state index contributed by atoms with van der Waals surface area (Å²) in [5.74, 6) is -1.21. The van der Waals surface area contributed by atoms with Crippen LogP contribution in [0.25, 0.3) is 0 Å². The molecule has 1 aromatic heterocycles. The van der Waals surface area contributed by atoms with Gasteiger partial charge in [-0.1, -0.05) is 18.2 Å². The zero-order valence-electron chi connectivity index (χ0n) is 9.91. The van der Waals surface area contributed by atoms with Crippen LogP contribution in [0.1, 0.15) is 16.1 Å². The Labute approximate surface area is 127 Å². The molecule has 0 aliphatic carbocycles. The van der Waals surface area contributed by atoms with Gasteiger partial charge in [-0.3, -0.25) is 9.98 Å². The number of carbonyl (C=O) groups excluding carboxylic acids is 1. The molecule has 0 aliphatic rings. The van der Waals surface area contributed by atoms with Crippen molar-refractivity contribution in [1.82, 2.24) is 4.98 Å². The van der Waals surface area contributed by atoms with Crippen LogP contribution in [0.3, 0.4) is 0 Å². The molecular weight excluding hydrogens is 239 g/mol. The molecular formula is C13H9N2NaO2. The van der Waals surface area contributed by atoms with Gasteiger partial charge < -0.3 is 9.90 Å². The van der Waals surface area contributed by atoms with E-state index in [1.54, 1.807) is 24.5 Å². The molecule has 0 bridgehead atoms. The Kier molecular flexibility index (Phi) is 5.71. The van der Waals surface area contributed by atoms with Gasteiger partial charge in [-0.2, -0.15) is 0 Å². The zero-order chi connectivity index (χ0) is 12.1. The number of aromatic carboxylic acids is 1. The standard InChI is InChI=1S/C13H10N2O2.Na/c16-13(17)10-4-3-6-11(8-10)15-9-12-5-1-2-7-14-12;/h1-9H,(H,16,17);/q;+1/p-1. The second-order valence-corrected chi connectivity index (χ2v) is 3.35. The maximum absolute atomic E-state index is 10.7. The molecule has 2 rings (SSSR count). The molecule has 5 heteroatoms. The number of rotatable bonds is 3. The van der Waals surface area contributed by atoms with Crippen molar-refractivity contribution < 1.29 is 39.5 Å². The number of hydrogen-bond acceptors (Lipinski definition) is 4. The molecule has 1 aromatic carbocycles. The van der Waals surface area contributed by atoms with Crippen molar-refractivity contribution in [2.24, 2.45) is 4.99 Å². The summed E-state index contributed by atoms with van der Waals surface area (Å²) in [5, 5.41) is 10.7. The van der Waals surface area contributed by atoms with Crippen LogP contribution in [0.15, 0.2) is 53.7 Å². The summed E-state index contributed by atoms with van der Waals surface area (Å²) in [6.07, 6.45) is 3.24. The molecule has 0 saturated carbocycles. The molecule has 4 nitrogen and oxygen atoms in total. The van der Waals surface area contributed by atoms with Gasteiger partial charge in [-0.25, -0.2) is 0 Å². The van der Waals surface area contributed by atoms with Crippen molar-refractivity contribution in [1.29, 1.82) is 0 Å². The summed E-state index contributed by atoms with van der Waals surface area (Å²) in [6, 6.07) is 11.7. The van der Waals surface area contributed by atoms with Crippen LogP contribution in [-0.4, -0.2) is 17.2 Å². The Morgan fingerprint density at radius 3 is 2.72 bits per heavy atom. The van der Waals surface area contributed by atoms with Crippen LogP contribution in [0.2, 0.25) is 0 Å². The second kappa shape index (κ2) is 7.06. The zero-order valence-corrected chi connectivity index (χ0v) is 11.9. The first-order chi connectivity index (χ1) is 8.25. The number of carboxylic acids is 1. The van der Waals surface area contributed by atoms with Crippen LogP contribution in [0, 0.1) is 0 Å². The topological polar surface area (TPSA) is 65.4 Å². The first-order valence-electron chi connectivity index (χ1n) is 5.02. The second-order valence-electron chi connectivity index (χ2n) is 3.35. The first-order valence-corrected chi connectivity index (χ1v) is 5.02. The molecule has 84 valence electrons. The van der Waals surface area contributed by atoms with Gasteiger partial charge in [0.25, 0.3) is 0 Å². The summed E-state index contributed by atoms with van der Waals surface area (Å²) < 4.78 is 0. The molecule has 0 N–H and O–H groups in total. The largest absolute Gasteiger partial charge is 1.00 e. The van der Waals surface area contributed by atoms with Gasteiger partial charge in [0, 0.05) is 6.20 Å². The average Bonchev–Trinajstić information content (AvgIpc) is 2.38. The van der Waals surface area contributed by atoms with Crippen LogP contribution in [0.4, 0.5) is 5.69 Å². The van der Waals surface area contributed by atoms with E-state index in [2.05, 4.69) is 9.98 Å². The van der Waals surface area contributed by atoms with E-state index < -0.39 is 5.97 Å². The molecule has 0 atom stereocenters. The Bertz CT molecular complexity index is 556. The minimum absolute atomic E-state index is 0. The van der Waals surface area contributed by atoms with E-state index in [0.29, 0.717) is 11.4 Å². The smallest absolute Gasteiger partial charge is 0.545 e. The summed E-state index contributed by atoms with van der Waals surface area (Å²) in [5.41, 5.74) is 1.38. The van der Waals surface area contributed by atoms with Crippen LogP contribution < -0.4 is 34.7 Å². The Morgan fingerprint density at radius 1 is 1.22 bits per heavy atom. The van der Waals surface area contributed by atoms with E-state index in [0.717, 1.165) is 0 Å². The van der Waals surface area contributed by atoms with Crippen molar-refractivity contribution in [2.75, 3.05) is 0 Å². The first kappa shape index (κ1) is 14.6. The number of aliphatic imine (C=N–C) groups is 1. The van der Waals surface area contributed by atoms with Crippen molar-refractivity contribution in [3.63, 3.8) is 0 Å². The van der Waals surface area contributed by atoms with Crippen molar-refractivity contribution in [3.8, 4) is 0 Å². The van der Waals surface area contributed by atoms with Gasteiger partial charge in [-0.15, -0.1) is 0 Å². The number of hydrogen-bond donors (Lipinski definition) is 0. The molecule has 0 amide bonds. The molecule has 0 radical (unpaired) electrons. The fraction of sp³-hybridized carbons (Fsp3) is 0. The summed E-state index contributed by atoms with van der Waals surface area (Å²) in [4.78, 5) is 18.9. The number of carboxylic acid groups (broad SMARTS) is 1. The molecule has 0 unspecified atom stereocenters. The number of benzene rings is 1. The molecule has 2 aromatic rings. The number of pyridine rings is 1. The van der Waals surface area contributed by atoms with E-state index >= 15 is 0 Å². The third-order valence-electron chi connectivity index (χ3n) is 2.12. The van der Waals surface area contributed by atoms with E-state index in [4.69, 9.17) is 0 Å². The summed E-state index contributed by atoms with van der Waals surface area (Å²) >= 11 is 0. The minimum atomic E-state index is -1.21. The van der Waals surface area contributed by atoms with E-state index in [1.807, 2.05) is 18.2 Å². The average molecular weight is 248 g/mol. The molecule has 0 fully saturated rings.